The summed E-state index contributed by atoms with van der Waals surface area (Å²) in [6.45, 7) is 0. The summed E-state index contributed by atoms with van der Waals surface area (Å²) in [5.74, 6) is 0.213. The van der Waals surface area contributed by atoms with Gasteiger partial charge in [-0.25, -0.2) is 4.79 Å². The van der Waals surface area contributed by atoms with E-state index in [1.54, 1.807) is 17.5 Å². The van der Waals surface area contributed by atoms with Crippen LogP contribution in [-0.4, -0.2) is 32.9 Å². The van der Waals surface area contributed by atoms with Crippen LogP contribution in [-0.2, 0) is 10.1 Å². The van der Waals surface area contributed by atoms with Crippen LogP contribution in [0, 0.1) is 0 Å². The Kier molecular flexibility index (Phi) is 4.19. The lowest BCUT2D eigenvalue weighted by molar-refractivity contribution is 0.203. The summed E-state index contributed by atoms with van der Waals surface area (Å²) >= 11 is 1.31. The van der Waals surface area contributed by atoms with Crippen LogP contribution >= 0.6 is 11.3 Å². The van der Waals surface area contributed by atoms with E-state index in [2.05, 4.69) is 0 Å². The third kappa shape index (κ3) is 3.73. The molecule has 0 saturated heterocycles. The van der Waals surface area contributed by atoms with Crippen molar-refractivity contribution in [2.75, 3.05) is 18.2 Å². The number of amides is 1. The molecule has 112 valence electrons. The molecule has 0 aliphatic carbocycles. The molecule has 1 N–H and O–H groups in total. The van der Waals surface area contributed by atoms with Crippen LogP contribution in [0.15, 0.2) is 35.7 Å². The fraction of sp³-hybridized carbons (Fsp3) is 0.154. The first-order valence-corrected chi connectivity index (χ1v) is 8.51. The van der Waals surface area contributed by atoms with Gasteiger partial charge in [-0.05, 0) is 29.1 Å². The van der Waals surface area contributed by atoms with Crippen molar-refractivity contribution in [2.24, 2.45) is 0 Å². The molecular formula is C13H13NO5S2. The third-order valence-electron chi connectivity index (χ3n) is 2.65. The van der Waals surface area contributed by atoms with Crippen LogP contribution in [0.3, 0.4) is 0 Å². The van der Waals surface area contributed by atoms with Crippen LogP contribution in [0.1, 0.15) is 0 Å². The van der Waals surface area contributed by atoms with Crippen LogP contribution in [0.2, 0.25) is 0 Å². The van der Waals surface area contributed by atoms with E-state index in [1.807, 2.05) is 6.07 Å². The molecular weight excluding hydrogens is 314 g/mol. The van der Waals surface area contributed by atoms with Crippen LogP contribution in [0.4, 0.5) is 9.80 Å². The van der Waals surface area contributed by atoms with Crippen molar-refractivity contribution in [3.63, 3.8) is 0 Å². The smallest absolute Gasteiger partial charge is 0.412 e. The third-order valence-corrected chi connectivity index (χ3v) is 4.13. The van der Waals surface area contributed by atoms with Gasteiger partial charge in [0, 0.05) is 12.6 Å². The topological polar surface area (TPSA) is 83.9 Å². The van der Waals surface area contributed by atoms with Gasteiger partial charge in [0.15, 0.2) is 0 Å². The lowest BCUT2D eigenvalue weighted by Gasteiger charge is -2.13. The quantitative estimate of drug-likeness (QED) is 0.873. The number of nitrogens with zero attached hydrogens (tertiary/aromatic N) is 1. The number of rotatable bonds is 4. The predicted molar refractivity (Wildman–Crippen MR) is 81.7 cm³/mol. The number of anilines is 1. The Balaban J connectivity index is 2.32. The maximum atomic E-state index is 11.0. The zero-order valence-electron chi connectivity index (χ0n) is 11.3. The van der Waals surface area contributed by atoms with Crippen LogP contribution < -0.4 is 9.08 Å². The van der Waals surface area contributed by atoms with Crippen molar-refractivity contribution in [3.05, 3.63) is 35.7 Å². The SMILES string of the molecule is CN(C(=O)O)c1sccc1-c1ccc(OS(C)(=O)=O)cc1. The molecule has 0 aliphatic heterocycles. The summed E-state index contributed by atoms with van der Waals surface area (Å²) in [4.78, 5) is 12.2. The number of thiophene rings is 1. The van der Waals surface area contributed by atoms with Crippen molar-refractivity contribution >= 4 is 32.5 Å². The van der Waals surface area contributed by atoms with Gasteiger partial charge >= 0.3 is 16.2 Å². The largest absolute Gasteiger partial charge is 0.465 e. The first kappa shape index (κ1) is 15.3. The van der Waals surface area contributed by atoms with E-state index in [1.165, 1.54) is 30.5 Å². The highest BCUT2D eigenvalue weighted by Gasteiger charge is 2.16. The van der Waals surface area contributed by atoms with Gasteiger partial charge in [-0.15, -0.1) is 11.3 Å². The summed E-state index contributed by atoms with van der Waals surface area (Å²) < 4.78 is 26.8. The Morgan fingerprint density at radius 1 is 1.24 bits per heavy atom. The Labute approximate surface area is 126 Å². The minimum Gasteiger partial charge on any atom is -0.465 e. The highest BCUT2D eigenvalue weighted by atomic mass is 32.2. The Morgan fingerprint density at radius 2 is 1.86 bits per heavy atom. The molecule has 0 spiro atoms. The minimum absolute atomic E-state index is 0.213. The van der Waals surface area contributed by atoms with Gasteiger partial charge in [0.2, 0.25) is 0 Å². The van der Waals surface area contributed by atoms with Crippen LogP contribution in [0.5, 0.6) is 5.75 Å². The number of benzene rings is 1. The maximum Gasteiger partial charge on any atom is 0.412 e. The standard InChI is InChI=1S/C13H13NO5S2/c1-14(13(15)16)12-11(7-8-20-12)9-3-5-10(6-4-9)19-21(2,17)18/h3-8H,1-2H3,(H,15,16). The maximum absolute atomic E-state index is 11.0. The summed E-state index contributed by atoms with van der Waals surface area (Å²) in [6, 6.07) is 8.23. The van der Waals surface area contributed by atoms with Gasteiger partial charge in [0.05, 0.1) is 6.26 Å². The van der Waals surface area contributed by atoms with Crippen LogP contribution in [0.25, 0.3) is 11.1 Å². The molecule has 2 rings (SSSR count). The molecule has 0 radical (unpaired) electrons. The predicted octanol–water partition coefficient (Wildman–Crippen LogP) is 2.87. The van der Waals surface area contributed by atoms with Gasteiger partial charge < -0.3 is 9.29 Å². The summed E-state index contributed by atoms with van der Waals surface area (Å²) in [7, 11) is -2.09. The summed E-state index contributed by atoms with van der Waals surface area (Å²) in [6.07, 6.45) is -0.0737. The highest BCUT2D eigenvalue weighted by molar-refractivity contribution is 7.86. The van der Waals surface area contributed by atoms with Crippen molar-refractivity contribution in [1.82, 2.24) is 0 Å². The molecule has 1 amide bonds. The Bertz CT molecular complexity index is 749. The lowest BCUT2D eigenvalue weighted by Crippen LogP contribution is -2.23. The van der Waals surface area contributed by atoms with E-state index in [4.69, 9.17) is 9.29 Å². The molecule has 0 fully saturated rings. The molecule has 8 heteroatoms. The molecule has 0 aliphatic rings. The fourth-order valence-corrected chi connectivity index (χ4v) is 3.08. The summed E-state index contributed by atoms with van der Waals surface area (Å²) in [5, 5.41) is 11.4. The highest BCUT2D eigenvalue weighted by Crippen LogP contribution is 2.36. The molecule has 0 saturated carbocycles. The van der Waals surface area contributed by atoms with E-state index >= 15 is 0 Å². The first-order chi connectivity index (χ1) is 9.78. The fourth-order valence-electron chi connectivity index (χ4n) is 1.73. The molecule has 2 aromatic rings. The lowest BCUT2D eigenvalue weighted by atomic mass is 10.1. The zero-order chi connectivity index (χ0) is 15.6. The zero-order valence-corrected chi connectivity index (χ0v) is 12.9. The monoisotopic (exact) mass is 327 g/mol. The Morgan fingerprint density at radius 3 is 2.38 bits per heavy atom. The van der Waals surface area contributed by atoms with Gasteiger partial charge in [-0.2, -0.15) is 8.42 Å². The second-order valence-electron chi connectivity index (χ2n) is 4.29. The van der Waals surface area contributed by atoms with Crippen molar-refractivity contribution in [1.29, 1.82) is 0 Å². The second kappa shape index (κ2) is 5.74. The van der Waals surface area contributed by atoms with Crippen molar-refractivity contribution < 1.29 is 22.5 Å². The van der Waals surface area contributed by atoms with E-state index in [0.717, 1.165) is 22.3 Å². The molecule has 0 atom stereocenters. The van der Waals surface area contributed by atoms with Crippen molar-refractivity contribution in [2.45, 2.75) is 0 Å². The number of carbonyl (C=O) groups is 1. The van der Waals surface area contributed by atoms with Gasteiger partial charge in [-0.1, -0.05) is 12.1 Å². The first-order valence-electron chi connectivity index (χ1n) is 5.82. The normalized spacial score (nSPS) is 11.1. The van der Waals surface area contributed by atoms with Gasteiger partial charge in [0.1, 0.15) is 10.8 Å². The second-order valence-corrected chi connectivity index (χ2v) is 6.76. The van der Waals surface area contributed by atoms with Gasteiger partial charge in [0.25, 0.3) is 0 Å². The molecule has 21 heavy (non-hydrogen) atoms. The summed E-state index contributed by atoms with van der Waals surface area (Å²) in [5.41, 5.74) is 1.54. The molecule has 0 unspecified atom stereocenters. The van der Waals surface area contributed by atoms with Gasteiger partial charge in [-0.3, -0.25) is 4.90 Å². The molecule has 0 bridgehead atoms. The Hall–Kier alpha value is -2.06. The minimum atomic E-state index is -3.56. The van der Waals surface area contributed by atoms with Crippen molar-refractivity contribution in [3.8, 4) is 16.9 Å². The van der Waals surface area contributed by atoms with E-state index in [0.29, 0.717) is 5.00 Å². The molecule has 1 aromatic carbocycles. The number of hydrogen-bond acceptors (Lipinski definition) is 5. The average molecular weight is 327 g/mol. The molecule has 6 nitrogen and oxygen atoms in total. The average Bonchev–Trinajstić information content (AvgIpc) is 2.85. The van der Waals surface area contributed by atoms with E-state index in [9.17, 15) is 13.2 Å². The molecule has 1 heterocycles. The number of hydrogen-bond donors (Lipinski definition) is 1. The van der Waals surface area contributed by atoms with E-state index in [-0.39, 0.29) is 5.75 Å². The van der Waals surface area contributed by atoms with E-state index < -0.39 is 16.2 Å². The molecule has 1 aromatic heterocycles. The number of carboxylic acid groups (broad SMARTS) is 1.